The van der Waals surface area contributed by atoms with Crippen LogP contribution in [0.15, 0.2) is 11.6 Å². The Hall–Kier alpha value is -0.980. The van der Waals surface area contributed by atoms with Crippen molar-refractivity contribution in [2.75, 3.05) is 13.2 Å². The highest BCUT2D eigenvalue weighted by Gasteiger charge is 2.72. The summed E-state index contributed by atoms with van der Waals surface area (Å²) in [5, 5.41) is 108. The number of ether oxygens (including phenoxy) is 8. The Balaban J connectivity index is 0.935. The molecule has 0 bridgehead atoms. The van der Waals surface area contributed by atoms with Crippen molar-refractivity contribution in [3.8, 4) is 0 Å². The minimum absolute atomic E-state index is 0.0326. The van der Waals surface area contributed by atoms with Crippen LogP contribution in [0, 0.1) is 46.3 Å². The lowest BCUT2D eigenvalue weighted by molar-refractivity contribution is -0.372. The van der Waals surface area contributed by atoms with Gasteiger partial charge < -0.3 is 89.0 Å². The summed E-state index contributed by atoms with van der Waals surface area (Å²) in [6.07, 6.45) is -16.2. The number of aliphatic hydroxyl groups is 10. The molecule has 28 unspecified atom stereocenters. The molecule has 354 valence electrons. The number of allylic oxidation sites excluding steroid dienone is 1. The van der Waals surface area contributed by atoms with Gasteiger partial charge in [0.1, 0.15) is 61.0 Å². The van der Waals surface area contributed by atoms with Gasteiger partial charge in [-0.1, -0.05) is 39.3 Å². The number of fused-ring (bicyclic) bond motifs is 7. The predicted octanol–water partition coefficient (Wildman–Crippen LogP) is -1.21. The first kappa shape index (κ1) is 46.1. The third-order valence-electron chi connectivity index (χ3n) is 17.5. The summed E-state index contributed by atoms with van der Waals surface area (Å²) in [6.45, 7) is 11.6. The summed E-state index contributed by atoms with van der Waals surface area (Å²) in [5.74, 6) is -1.31. The molecular weight excluding hydrogens is 816 g/mol. The molecular formula is C44H70O18. The summed E-state index contributed by atoms with van der Waals surface area (Å²) >= 11 is 0. The topological polar surface area (TPSA) is 276 Å². The largest absolute Gasteiger partial charge is 0.393 e. The second-order valence-corrected chi connectivity index (χ2v) is 20.9. The number of hydrogen-bond donors (Lipinski definition) is 10. The molecule has 1 spiro atoms. The highest BCUT2D eigenvalue weighted by Crippen LogP contribution is 2.71. The van der Waals surface area contributed by atoms with Gasteiger partial charge in [-0.15, -0.1) is 0 Å². The number of hydrogen-bond acceptors (Lipinski definition) is 18. The molecule has 0 aromatic heterocycles. The summed E-state index contributed by atoms with van der Waals surface area (Å²) in [5.41, 5.74) is 0.348. The summed E-state index contributed by atoms with van der Waals surface area (Å²) in [7, 11) is 0. The van der Waals surface area contributed by atoms with E-state index in [4.69, 9.17) is 37.9 Å². The molecule has 10 N–H and O–H groups in total. The molecule has 18 nitrogen and oxygen atoms in total. The van der Waals surface area contributed by atoms with Crippen LogP contribution in [-0.4, -0.2) is 187 Å². The van der Waals surface area contributed by atoms with Crippen molar-refractivity contribution in [1.82, 2.24) is 0 Å². The lowest BCUT2D eigenvalue weighted by atomic mass is 9.46. The molecule has 5 saturated heterocycles. The van der Waals surface area contributed by atoms with E-state index in [0.29, 0.717) is 6.42 Å². The Morgan fingerprint density at radius 1 is 0.677 bits per heavy atom. The zero-order chi connectivity index (χ0) is 44.5. The molecule has 5 heterocycles. The van der Waals surface area contributed by atoms with Crippen molar-refractivity contribution < 1.29 is 89.0 Å². The van der Waals surface area contributed by atoms with Crippen LogP contribution in [0.4, 0.5) is 0 Å². The second-order valence-electron chi connectivity index (χ2n) is 20.9. The van der Waals surface area contributed by atoms with Crippen molar-refractivity contribution in [3.05, 3.63) is 11.6 Å². The van der Waals surface area contributed by atoms with Gasteiger partial charge in [-0.3, -0.25) is 0 Å². The van der Waals surface area contributed by atoms with Gasteiger partial charge in [0.25, 0.3) is 0 Å². The SMILES string of the molecule is CC1COC2(OC3CC4C5CC=C6CC(O)CC(OC7OCC(O)C(O)C7OC7OC(C)C(O)C(O)C7O)C6(C)C5CCC4(C)C3C2C)C(O)C1OC1OC(C)C(O)C(O)C1O. The minimum atomic E-state index is -1.66. The lowest BCUT2D eigenvalue weighted by Gasteiger charge is -2.60. The smallest absolute Gasteiger partial charge is 0.200 e. The molecule has 3 saturated carbocycles. The minimum Gasteiger partial charge on any atom is -0.393 e. The maximum Gasteiger partial charge on any atom is 0.200 e. The van der Waals surface area contributed by atoms with Crippen molar-refractivity contribution in [2.24, 2.45) is 46.3 Å². The van der Waals surface area contributed by atoms with Gasteiger partial charge >= 0.3 is 0 Å². The molecule has 62 heavy (non-hydrogen) atoms. The molecule has 28 atom stereocenters. The van der Waals surface area contributed by atoms with Crippen LogP contribution in [0.25, 0.3) is 0 Å². The highest BCUT2D eigenvalue weighted by molar-refractivity contribution is 5.29. The van der Waals surface area contributed by atoms with E-state index in [0.717, 1.165) is 31.3 Å². The Kier molecular flexibility index (Phi) is 12.4. The second kappa shape index (κ2) is 16.7. The average molecular weight is 887 g/mol. The van der Waals surface area contributed by atoms with Gasteiger partial charge in [0.2, 0.25) is 0 Å². The van der Waals surface area contributed by atoms with E-state index in [1.165, 1.54) is 6.92 Å². The first-order valence-corrected chi connectivity index (χ1v) is 22.9. The van der Waals surface area contributed by atoms with Gasteiger partial charge in [0.15, 0.2) is 24.7 Å². The quantitative estimate of drug-likeness (QED) is 0.140. The van der Waals surface area contributed by atoms with Crippen LogP contribution in [0.5, 0.6) is 0 Å². The van der Waals surface area contributed by atoms with E-state index in [1.54, 1.807) is 6.92 Å². The maximum absolute atomic E-state index is 12.2. The third-order valence-corrected chi connectivity index (χ3v) is 17.5. The van der Waals surface area contributed by atoms with Crippen LogP contribution in [0.1, 0.15) is 80.1 Å². The van der Waals surface area contributed by atoms with Gasteiger partial charge in [-0.2, -0.15) is 0 Å². The van der Waals surface area contributed by atoms with Gasteiger partial charge in [-0.25, -0.2) is 0 Å². The van der Waals surface area contributed by atoms with E-state index < -0.39 is 122 Å². The number of aliphatic hydroxyl groups excluding tert-OH is 10. The van der Waals surface area contributed by atoms with Gasteiger partial charge in [0.05, 0.1) is 49.8 Å². The molecule has 0 aromatic rings. The lowest BCUT2D eigenvalue weighted by Crippen LogP contribution is -2.65. The summed E-state index contributed by atoms with van der Waals surface area (Å²) < 4.78 is 50.1. The first-order valence-electron chi connectivity index (χ1n) is 22.9. The molecule has 0 aromatic carbocycles. The van der Waals surface area contributed by atoms with E-state index in [2.05, 4.69) is 26.8 Å². The Morgan fingerprint density at radius 3 is 1.95 bits per heavy atom. The molecule has 18 heteroatoms. The van der Waals surface area contributed by atoms with E-state index in [9.17, 15) is 51.1 Å². The first-order chi connectivity index (χ1) is 29.2. The normalized spacial score (nSPS) is 60.1. The molecule has 8 fully saturated rings. The zero-order valence-corrected chi connectivity index (χ0v) is 36.4. The summed E-state index contributed by atoms with van der Waals surface area (Å²) in [4.78, 5) is 0. The summed E-state index contributed by atoms with van der Waals surface area (Å²) in [6, 6.07) is 0. The van der Waals surface area contributed by atoms with E-state index in [-0.39, 0.29) is 66.7 Å². The van der Waals surface area contributed by atoms with E-state index in [1.807, 2.05) is 6.92 Å². The molecule has 9 rings (SSSR count). The van der Waals surface area contributed by atoms with Crippen molar-refractivity contribution in [1.29, 1.82) is 0 Å². The molecule has 0 amide bonds. The maximum atomic E-state index is 12.2. The standard InChI is InChI=1S/C44H70O18/c1-16-14-56-44(38(54)36(16)60-39-34(52)32(50)29(47)18(3)57-39)17(2)28-26(62-44)13-24-22-8-7-20-11-21(45)12-27(43(20,6)23(22)9-10-42(24,28)5)59-41-37(31(49)25(46)15-55-41)61-40-35(53)33(51)30(48)19(4)58-40/h7,16-19,21-41,45-54H,8-15H2,1-6H3. The molecule has 9 aliphatic rings. The van der Waals surface area contributed by atoms with Gasteiger partial charge in [0, 0.05) is 23.7 Å². The zero-order valence-electron chi connectivity index (χ0n) is 36.4. The van der Waals surface area contributed by atoms with Crippen LogP contribution in [0.2, 0.25) is 0 Å². The van der Waals surface area contributed by atoms with Crippen molar-refractivity contribution in [2.45, 2.75) is 202 Å². The Bertz CT molecular complexity index is 1660. The molecule has 4 aliphatic carbocycles. The van der Waals surface area contributed by atoms with Crippen LogP contribution in [0.3, 0.4) is 0 Å². The third kappa shape index (κ3) is 7.04. The van der Waals surface area contributed by atoms with Gasteiger partial charge in [-0.05, 0) is 75.0 Å². The molecule has 0 radical (unpaired) electrons. The number of rotatable bonds is 6. The van der Waals surface area contributed by atoms with E-state index >= 15 is 0 Å². The fraction of sp³-hybridized carbons (Fsp3) is 0.955. The Morgan fingerprint density at radius 2 is 1.31 bits per heavy atom. The highest BCUT2D eigenvalue weighted by atomic mass is 16.8. The fourth-order valence-corrected chi connectivity index (χ4v) is 14.0. The van der Waals surface area contributed by atoms with Crippen molar-refractivity contribution in [3.63, 3.8) is 0 Å². The Labute approximate surface area is 362 Å². The molecule has 5 aliphatic heterocycles. The average Bonchev–Trinajstić information content (AvgIpc) is 3.69. The monoisotopic (exact) mass is 886 g/mol. The van der Waals surface area contributed by atoms with Crippen LogP contribution >= 0.6 is 0 Å². The van der Waals surface area contributed by atoms with Crippen LogP contribution < -0.4 is 0 Å². The fourth-order valence-electron chi connectivity index (χ4n) is 14.0. The van der Waals surface area contributed by atoms with Crippen LogP contribution in [-0.2, 0) is 37.9 Å². The van der Waals surface area contributed by atoms with Crippen molar-refractivity contribution >= 4 is 0 Å². The predicted molar refractivity (Wildman–Crippen MR) is 211 cm³/mol.